The number of rotatable bonds is 3. The summed E-state index contributed by atoms with van der Waals surface area (Å²) in [4.78, 5) is 20.5. The van der Waals surface area contributed by atoms with Gasteiger partial charge in [0.25, 0.3) is 0 Å². The molecule has 1 aromatic rings. The van der Waals surface area contributed by atoms with Gasteiger partial charge in [-0.05, 0) is 31.4 Å². The maximum atomic E-state index is 12.5. The zero-order valence-electron chi connectivity index (χ0n) is 13.2. The smallest absolute Gasteiger partial charge is 0.321 e. The standard InChI is InChI=1S/C15H22N4O3S/c1-18(12-6-10-23(21,22)11-12)15(20)17-13-5-4-7-16-14(13)19-8-2-3-9-19/h4-5,7,12H,2-3,6,8-11H2,1H3,(H,17,20)/t12-/m1/s1. The van der Waals surface area contributed by atoms with E-state index in [1.54, 1.807) is 19.3 Å². The van der Waals surface area contributed by atoms with Gasteiger partial charge in [0.05, 0.1) is 17.2 Å². The van der Waals surface area contributed by atoms with Gasteiger partial charge in [0.15, 0.2) is 15.7 Å². The molecular formula is C15H22N4O3S. The van der Waals surface area contributed by atoms with Crippen molar-refractivity contribution in [3.63, 3.8) is 0 Å². The Bertz CT molecular complexity index is 686. The van der Waals surface area contributed by atoms with Gasteiger partial charge in [-0.1, -0.05) is 0 Å². The summed E-state index contributed by atoms with van der Waals surface area (Å²) in [6.45, 7) is 1.88. The Morgan fingerprint density at radius 2 is 2.13 bits per heavy atom. The van der Waals surface area contributed by atoms with E-state index < -0.39 is 9.84 Å². The Kier molecular flexibility index (Phi) is 4.43. The van der Waals surface area contributed by atoms with Crippen LogP contribution in [0.1, 0.15) is 19.3 Å². The average Bonchev–Trinajstić information content (AvgIpc) is 3.16. The van der Waals surface area contributed by atoms with E-state index in [-0.39, 0.29) is 23.6 Å². The minimum atomic E-state index is -3.01. The van der Waals surface area contributed by atoms with Crippen LogP contribution in [0.3, 0.4) is 0 Å². The largest absolute Gasteiger partial charge is 0.355 e. The zero-order chi connectivity index (χ0) is 16.4. The third kappa shape index (κ3) is 3.57. The van der Waals surface area contributed by atoms with Crippen LogP contribution in [0.25, 0.3) is 0 Å². The van der Waals surface area contributed by atoms with Gasteiger partial charge in [-0.2, -0.15) is 0 Å². The molecule has 1 atom stereocenters. The number of hydrogen-bond acceptors (Lipinski definition) is 5. The van der Waals surface area contributed by atoms with E-state index >= 15 is 0 Å². The molecule has 0 aromatic carbocycles. The number of pyridine rings is 1. The maximum Gasteiger partial charge on any atom is 0.321 e. The van der Waals surface area contributed by atoms with Crippen LogP contribution >= 0.6 is 0 Å². The van der Waals surface area contributed by atoms with Gasteiger partial charge in [-0.25, -0.2) is 18.2 Å². The van der Waals surface area contributed by atoms with Crippen molar-refractivity contribution >= 4 is 27.4 Å². The highest BCUT2D eigenvalue weighted by Gasteiger charge is 2.33. The average molecular weight is 338 g/mol. The molecule has 3 rings (SSSR count). The highest BCUT2D eigenvalue weighted by molar-refractivity contribution is 7.91. The Balaban J connectivity index is 1.70. The first kappa shape index (κ1) is 16.0. The van der Waals surface area contributed by atoms with Crippen LogP contribution in [0.5, 0.6) is 0 Å². The number of nitrogens with one attached hydrogen (secondary N) is 1. The highest BCUT2D eigenvalue weighted by Crippen LogP contribution is 2.26. The van der Waals surface area contributed by atoms with E-state index in [0.29, 0.717) is 12.1 Å². The second-order valence-corrected chi connectivity index (χ2v) is 8.40. The fourth-order valence-electron chi connectivity index (χ4n) is 3.13. The van der Waals surface area contributed by atoms with Gasteiger partial charge in [0.2, 0.25) is 0 Å². The molecule has 2 saturated heterocycles. The lowest BCUT2D eigenvalue weighted by molar-refractivity contribution is 0.209. The molecule has 0 spiro atoms. The van der Waals surface area contributed by atoms with E-state index in [4.69, 9.17) is 0 Å². The van der Waals surface area contributed by atoms with Crippen molar-refractivity contribution in [2.75, 3.05) is 41.9 Å². The second kappa shape index (κ2) is 6.35. The summed E-state index contributed by atoms with van der Waals surface area (Å²) < 4.78 is 23.2. The first-order chi connectivity index (χ1) is 11.0. The number of sulfone groups is 1. The molecule has 2 fully saturated rings. The number of amides is 2. The first-order valence-corrected chi connectivity index (χ1v) is 9.72. The van der Waals surface area contributed by atoms with Crippen molar-refractivity contribution in [2.24, 2.45) is 0 Å². The van der Waals surface area contributed by atoms with Crippen LogP contribution in [0.15, 0.2) is 18.3 Å². The molecule has 0 unspecified atom stereocenters. The molecule has 8 heteroatoms. The second-order valence-electron chi connectivity index (χ2n) is 6.17. The van der Waals surface area contributed by atoms with Gasteiger partial charge in [0, 0.05) is 32.4 Å². The van der Waals surface area contributed by atoms with Crippen molar-refractivity contribution in [3.05, 3.63) is 18.3 Å². The SMILES string of the molecule is CN(C(=O)Nc1cccnc1N1CCCC1)[C@@H]1CCS(=O)(=O)C1. The van der Waals surface area contributed by atoms with E-state index in [0.717, 1.165) is 31.7 Å². The predicted molar refractivity (Wildman–Crippen MR) is 89.5 cm³/mol. The highest BCUT2D eigenvalue weighted by atomic mass is 32.2. The van der Waals surface area contributed by atoms with Gasteiger partial charge in [-0.15, -0.1) is 0 Å². The molecule has 1 N–H and O–H groups in total. The van der Waals surface area contributed by atoms with E-state index in [1.165, 1.54) is 4.90 Å². The van der Waals surface area contributed by atoms with Crippen LogP contribution in [0.4, 0.5) is 16.3 Å². The molecule has 2 aliphatic rings. The summed E-state index contributed by atoms with van der Waals surface area (Å²) in [6.07, 6.45) is 4.47. The number of carbonyl (C=O) groups is 1. The summed E-state index contributed by atoms with van der Waals surface area (Å²) in [5.74, 6) is 0.982. The van der Waals surface area contributed by atoms with Crippen molar-refractivity contribution in [3.8, 4) is 0 Å². The van der Waals surface area contributed by atoms with E-state index in [9.17, 15) is 13.2 Å². The number of anilines is 2. The molecule has 7 nitrogen and oxygen atoms in total. The lowest BCUT2D eigenvalue weighted by Crippen LogP contribution is -2.40. The molecular weight excluding hydrogens is 316 g/mol. The third-order valence-corrected chi connectivity index (χ3v) is 6.26. The molecule has 0 aliphatic carbocycles. The van der Waals surface area contributed by atoms with Crippen LogP contribution in [-0.2, 0) is 9.84 Å². The molecule has 126 valence electrons. The fraction of sp³-hybridized carbons (Fsp3) is 0.600. The minimum absolute atomic E-state index is 0.0446. The lowest BCUT2D eigenvalue weighted by Gasteiger charge is -2.25. The Hall–Kier alpha value is -1.83. The van der Waals surface area contributed by atoms with Crippen LogP contribution in [0.2, 0.25) is 0 Å². The normalized spacial score (nSPS) is 23.0. The number of aromatic nitrogens is 1. The zero-order valence-corrected chi connectivity index (χ0v) is 14.1. The summed E-state index contributed by atoms with van der Waals surface area (Å²) >= 11 is 0. The molecule has 0 radical (unpaired) electrons. The molecule has 3 heterocycles. The van der Waals surface area contributed by atoms with Crippen LogP contribution in [-0.4, -0.2) is 62.0 Å². The Morgan fingerprint density at radius 1 is 1.39 bits per heavy atom. The number of carbonyl (C=O) groups excluding carboxylic acids is 1. The summed E-state index contributed by atoms with van der Waals surface area (Å²) in [5.41, 5.74) is 0.673. The molecule has 0 saturated carbocycles. The Morgan fingerprint density at radius 3 is 2.78 bits per heavy atom. The van der Waals surface area contributed by atoms with Gasteiger partial charge in [-0.3, -0.25) is 0 Å². The quantitative estimate of drug-likeness (QED) is 0.899. The monoisotopic (exact) mass is 338 g/mol. The fourth-order valence-corrected chi connectivity index (χ4v) is 4.90. The summed E-state index contributed by atoms with van der Waals surface area (Å²) in [5, 5.41) is 2.88. The van der Waals surface area contributed by atoms with Crippen molar-refractivity contribution in [2.45, 2.75) is 25.3 Å². The minimum Gasteiger partial charge on any atom is -0.355 e. The van der Waals surface area contributed by atoms with Crippen LogP contribution < -0.4 is 10.2 Å². The molecule has 1 aromatic heterocycles. The third-order valence-electron chi connectivity index (χ3n) is 4.51. The topological polar surface area (TPSA) is 82.6 Å². The predicted octanol–water partition coefficient (Wildman–Crippen LogP) is 1.33. The first-order valence-electron chi connectivity index (χ1n) is 7.90. The Labute approximate surface area is 136 Å². The summed E-state index contributed by atoms with van der Waals surface area (Å²) in [7, 11) is -1.36. The number of nitrogens with zero attached hydrogens (tertiary/aromatic N) is 3. The van der Waals surface area contributed by atoms with Gasteiger partial charge < -0.3 is 15.1 Å². The molecule has 2 aliphatic heterocycles. The van der Waals surface area contributed by atoms with Crippen molar-refractivity contribution < 1.29 is 13.2 Å². The van der Waals surface area contributed by atoms with Crippen molar-refractivity contribution in [1.82, 2.24) is 9.88 Å². The lowest BCUT2D eigenvalue weighted by atomic mass is 10.2. The van der Waals surface area contributed by atoms with E-state index in [2.05, 4.69) is 15.2 Å². The molecule has 2 amide bonds. The van der Waals surface area contributed by atoms with Gasteiger partial charge in [0.1, 0.15) is 0 Å². The van der Waals surface area contributed by atoms with E-state index in [1.807, 2.05) is 6.07 Å². The maximum absolute atomic E-state index is 12.5. The van der Waals surface area contributed by atoms with Crippen molar-refractivity contribution in [1.29, 1.82) is 0 Å². The molecule has 0 bridgehead atoms. The van der Waals surface area contributed by atoms with Crippen LogP contribution in [0, 0.1) is 0 Å². The number of urea groups is 1. The molecule has 23 heavy (non-hydrogen) atoms. The van der Waals surface area contributed by atoms with Gasteiger partial charge >= 0.3 is 6.03 Å². The summed E-state index contributed by atoms with van der Waals surface area (Å²) in [6, 6.07) is 3.07. The number of hydrogen-bond donors (Lipinski definition) is 1.